The minimum atomic E-state index is -1.38. The Morgan fingerprint density at radius 3 is 2.38 bits per heavy atom. The van der Waals surface area contributed by atoms with Gasteiger partial charge in [0.05, 0.1) is 7.11 Å². The summed E-state index contributed by atoms with van der Waals surface area (Å²) in [5, 5.41) is 13.4. The Morgan fingerprint density at radius 1 is 1.00 bits per heavy atom. The molecular weight excluding hydrogens is 426 g/mol. The summed E-state index contributed by atoms with van der Waals surface area (Å²) >= 11 is 0. The predicted octanol–water partition coefficient (Wildman–Crippen LogP) is 5.82. The van der Waals surface area contributed by atoms with Crippen molar-refractivity contribution in [1.29, 1.82) is 0 Å². The van der Waals surface area contributed by atoms with Crippen molar-refractivity contribution >= 4 is 11.9 Å². The number of hydrogen-bond donors (Lipinski definition) is 2. The summed E-state index contributed by atoms with van der Waals surface area (Å²) < 4.78 is 5.39. The largest absolute Gasteiger partial charge is 0.496 e. The second kappa shape index (κ2) is 10.6. The zero-order valence-electron chi connectivity index (χ0n) is 20.4. The molecule has 2 aromatic carbocycles. The summed E-state index contributed by atoms with van der Waals surface area (Å²) in [5.74, 6) is 0.267. The van der Waals surface area contributed by atoms with Gasteiger partial charge in [0.2, 0.25) is 5.91 Å². The molecule has 1 amide bonds. The first-order valence-electron chi connectivity index (χ1n) is 12.7. The lowest BCUT2D eigenvalue weighted by atomic mass is 9.63. The van der Waals surface area contributed by atoms with Crippen molar-refractivity contribution < 1.29 is 19.4 Å². The average molecular weight is 464 g/mol. The summed E-state index contributed by atoms with van der Waals surface area (Å²) in [4.78, 5) is 26.0. The third-order valence-corrected chi connectivity index (χ3v) is 8.19. The van der Waals surface area contributed by atoms with Gasteiger partial charge in [-0.1, -0.05) is 55.3 Å². The molecule has 2 aliphatic carbocycles. The molecule has 182 valence electrons. The number of aryl methyl sites for hydroxylation is 1. The first-order valence-corrected chi connectivity index (χ1v) is 12.7. The molecule has 2 fully saturated rings. The van der Waals surface area contributed by atoms with Crippen LogP contribution in [0.15, 0.2) is 48.5 Å². The number of nitrogens with one attached hydrogen (secondary N) is 1. The number of carbonyl (C=O) groups excluding carboxylic acids is 1. The number of aliphatic carboxylic acids is 1. The van der Waals surface area contributed by atoms with E-state index in [4.69, 9.17) is 4.74 Å². The number of methoxy groups -OCH3 is 1. The second-order valence-electron chi connectivity index (χ2n) is 10.1. The van der Waals surface area contributed by atoms with Crippen molar-refractivity contribution in [2.75, 3.05) is 13.7 Å². The minimum absolute atomic E-state index is 0.283. The molecule has 2 N–H and O–H groups in total. The van der Waals surface area contributed by atoms with Gasteiger partial charge in [-0.15, -0.1) is 0 Å². The van der Waals surface area contributed by atoms with Crippen LogP contribution >= 0.6 is 0 Å². The standard InChI is InChI=1S/C29H37NO4/c1-20-18-24(15-16-26(20)34-2)22-13-11-21(12-14-22)19-30-27(31)29(28(32)33)17-7-6-10-25(29)23-8-4-3-5-9-23/h3-5,8-9,15-16,18,21-22,25H,6-7,10-14,17,19H2,1-2H3,(H,30,31)(H,32,33)/t21-,22-,25?,29?. The van der Waals surface area contributed by atoms with Gasteiger partial charge in [-0.25, -0.2) is 0 Å². The summed E-state index contributed by atoms with van der Waals surface area (Å²) in [6.45, 7) is 2.64. The van der Waals surface area contributed by atoms with E-state index in [9.17, 15) is 14.7 Å². The van der Waals surface area contributed by atoms with Crippen LogP contribution in [0.2, 0.25) is 0 Å². The molecule has 0 heterocycles. The molecular formula is C29H37NO4. The van der Waals surface area contributed by atoms with E-state index in [1.54, 1.807) is 7.11 Å². The molecule has 5 nitrogen and oxygen atoms in total. The van der Waals surface area contributed by atoms with E-state index < -0.39 is 11.4 Å². The van der Waals surface area contributed by atoms with Crippen LogP contribution < -0.4 is 10.1 Å². The van der Waals surface area contributed by atoms with Crippen LogP contribution in [-0.4, -0.2) is 30.6 Å². The second-order valence-corrected chi connectivity index (χ2v) is 10.1. The fourth-order valence-corrected chi connectivity index (χ4v) is 6.18. The number of ether oxygens (including phenoxy) is 1. The van der Waals surface area contributed by atoms with Crippen LogP contribution in [0, 0.1) is 18.3 Å². The molecule has 2 unspecified atom stereocenters. The summed E-state index contributed by atoms with van der Waals surface area (Å²) in [5.41, 5.74) is 2.10. The molecule has 5 heteroatoms. The summed E-state index contributed by atoms with van der Waals surface area (Å²) in [7, 11) is 1.70. The quantitative estimate of drug-likeness (QED) is 0.507. The Labute approximate surface area is 202 Å². The predicted molar refractivity (Wildman–Crippen MR) is 133 cm³/mol. The maximum absolute atomic E-state index is 13.5. The van der Waals surface area contributed by atoms with Crippen LogP contribution in [0.5, 0.6) is 5.75 Å². The number of carboxylic acid groups (broad SMARTS) is 1. The van der Waals surface area contributed by atoms with E-state index in [2.05, 4.69) is 30.4 Å². The fraction of sp³-hybridized carbons (Fsp3) is 0.517. The van der Waals surface area contributed by atoms with Crippen molar-refractivity contribution in [3.63, 3.8) is 0 Å². The molecule has 2 atom stereocenters. The van der Waals surface area contributed by atoms with E-state index in [-0.39, 0.29) is 11.8 Å². The lowest BCUT2D eigenvalue weighted by Crippen LogP contribution is -2.52. The van der Waals surface area contributed by atoms with Gasteiger partial charge in [0.1, 0.15) is 5.75 Å². The van der Waals surface area contributed by atoms with Gasteiger partial charge in [-0.05, 0) is 80.0 Å². The molecule has 4 rings (SSSR count). The van der Waals surface area contributed by atoms with Gasteiger partial charge in [-0.3, -0.25) is 9.59 Å². The smallest absolute Gasteiger partial charge is 0.319 e. The highest BCUT2D eigenvalue weighted by Gasteiger charge is 2.53. The number of amides is 1. The lowest BCUT2D eigenvalue weighted by Gasteiger charge is -2.40. The van der Waals surface area contributed by atoms with Crippen LogP contribution in [0.25, 0.3) is 0 Å². The minimum Gasteiger partial charge on any atom is -0.496 e. The third-order valence-electron chi connectivity index (χ3n) is 8.19. The molecule has 2 saturated carbocycles. The normalized spacial score (nSPS) is 27.1. The Hall–Kier alpha value is -2.82. The van der Waals surface area contributed by atoms with Gasteiger partial charge in [0.15, 0.2) is 5.41 Å². The Morgan fingerprint density at radius 2 is 1.74 bits per heavy atom. The number of rotatable bonds is 7. The van der Waals surface area contributed by atoms with E-state index in [0.29, 0.717) is 24.8 Å². The maximum Gasteiger partial charge on any atom is 0.319 e. The number of benzene rings is 2. The van der Waals surface area contributed by atoms with Gasteiger partial charge < -0.3 is 15.2 Å². The first kappa shape index (κ1) is 24.3. The highest BCUT2D eigenvalue weighted by Crippen LogP contribution is 2.48. The number of carboxylic acids is 1. The molecule has 0 radical (unpaired) electrons. The molecule has 2 aliphatic rings. The van der Waals surface area contributed by atoms with E-state index in [0.717, 1.165) is 61.8 Å². The third kappa shape index (κ3) is 4.84. The molecule has 0 bridgehead atoms. The molecule has 0 saturated heterocycles. The van der Waals surface area contributed by atoms with Crippen LogP contribution in [0.4, 0.5) is 0 Å². The number of carbonyl (C=O) groups is 2. The van der Waals surface area contributed by atoms with Crippen LogP contribution in [0.3, 0.4) is 0 Å². The van der Waals surface area contributed by atoms with Crippen molar-refractivity contribution in [3.05, 3.63) is 65.2 Å². The van der Waals surface area contributed by atoms with Crippen molar-refractivity contribution in [3.8, 4) is 5.75 Å². The van der Waals surface area contributed by atoms with Gasteiger partial charge in [0.25, 0.3) is 0 Å². The summed E-state index contributed by atoms with van der Waals surface area (Å²) in [6.07, 6.45) is 7.11. The molecule has 0 aliphatic heterocycles. The van der Waals surface area contributed by atoms with Crippen molar-refractivity contribution in [1.82, 2.24) is 5.32 Å². The lowest BCUT2D eigenvalue weighted by molar-refractivity contribution is -0.160. The van der Waals surface area contributed by atoms with Gasteiger partial charge in [0, 0.05) is 12.5 Å². The zero-order valence-corrected chi connectivity index (χ0v) is 20.4. The SMILES string of the molecule is COc1ccc([C@H]2CC[C@H](CNC(=O)C3(C(=O)O)CCCCC3c3ccccc3)CC2)cc1C. The van der Waals surface area contributed by atoms with E-state index >= 15 is 0 Å². The monoisotopic (exact) mass is 463 g/mol. The highest BCUT2D eigenvalue weighted by atomic mass is 16.5. The van der Waals surface area contributed by atoms with Gasteiger partial charge >= 0.3 is 5.97 Å². The van der Waals surface area contributed by atoms with Crippen molar-refractivity contribution in [2.24, 2.45) is 11.3 Å². The maximum atomic E-state index is 13.5. The molecule has 34 heavy (non-hydrogen) atoms. The molecule has 0 aromatic heterocycles. The summed E-state index contributed by atoms with van der Waals surface area (Å²) in [6, 6.07) is 16.2. The highest BCUT2D eigenvalue weighted by molar-refractivity contribution is 6.03. The van der Waals surface area contributed by atoms with E-state index in [1.165, 1.54) is 5.56 Å². The number of hydrogen-bond acceptors (Lipinski definition) is 3. The molecule has 2 aromatic rings. The molecule has 0 spiro atoms. The topological polar surface area (TPSA) is 75.6 Å². The zero-order chi connectivity index (χ0) is 24.1. The Kier molecular flexibility index (Phi) is 7.60. The van der Waals surface area contributed by atoms with Crippen LogP contribution in [-0.2, 0) is 9.59 Å². The Bertz CT molecular complexity index is 996. The van der Waals surface area contributed by atoms with Crippen LogP contribution in [0.1, 0.15) is 79.9 Å². The van der Waals surface area contributed by atoms with Crippen molar-refractivity contribution in [2.45, 2.75) is 70.1 Å². The van der Waals surface area contributed by atoms with Gasteiger partial charge in [-0.2, -0.15) is 0 Å². The fourth-order valence-electron chi connectivity index (χ4n) is 6.18. The Balaban J connectivity index is 1.38. The first-order chi connectivity index (χ1) is 16.5. The van der Waals surface area contributed by atoms with E-state index in [1.807, 2.05) is 30.3 Å². The average Bonchev–Trinajstić information content (AvgIpc) is 2.87.